The number of aryl methyl sites for hydroxylation is 2. The van der Waals surface area contributed by atoms with Crippen molar-refractivity contribution in [2.24, 2.45) is 0 Å². The Morgan fingerprint density at radius 1 is 1.21 bits per heavy atom. The van der Waals surface area contributed by atoms with Crippen LogP contribution in [0.5, 0.6) is 0 Å². The quantitative estimate of drug-likeness (QED) is 0.810. The Kier molecular flexibility index (Phi) is 4.68. The molecule has 0 saturated heterocycles. The fourth-order valence-electron chi connectivity index (χ4n) is 2.18. The predicted octanol–water partition coefficient (Wildman–Crippen LogP) is 2.90. The number of hydrogen-bond acceptors (Lipinski definition) is 4. The normalized spacial score (nSPS) is 10.9. The number of hydrogen-bond donors (Lipinski definition) is 1. The molecule has 4 nitrogen and oxygen atoms in total. The molecule has 2 heterocycles. The molecule has 0 aliphatic carbocycles. The largest absolute Gasteiger partial charge is 0.461 e. The maximum absolute atomic E-state index is 5.35. The Morgan fingerprint density at radius 3 is 2.53 bits per heavy atom. The first-order valence-electron chi connectivity index (χ1n) is 6.81. The van der Waals surface area contributed by atoms with Gasteiger partial charge >= 0.3 is 0 Å². The third-order valence-corrected chi connectivity index (χ3v) is 3.19. The van der Waals surface area contributed by atoms with Crippen LogP contribution in [0.4, 0.5) is 0 Å². The van der Waals surface area contributed by atoms with E-state index in [1.165, 1.54) is 5.56 Å². The third-order valence-electron chi connectivity index (χ3n) is 3.19. The number of rotatable bonds is 6. The van der Waals surface area contributed by atoms with E-state index >= 15 is 0 Å². The molecule has 0 aromatic carbocycles. The number of furan rings is 1. The van der Waals surface area contributed by atoms with Crippen LogP contribution in [0.2, 0.25) is 0 Å². The Bertz CT molecular complexity index is 497. The van der Waals surface area contributed by atoms with Gasteiger partial charge in [0.05, 0.1) is 6.26 Å². The Labute approximate surface area is 114 Å². The van der Waals surface area contributed by atoms with Gasteiger partial charge in [-0.1, -0.05) is 6.92 Å². The van der Waals surface area contributed by atoms with Gasteiger partial charge in [0.15, 0.2) is 11.6 Å². The van der Waals surface area contributed by atoms with Gasteiger partial charge in [-0.2, -0.15) is 0 Å². The summed E-state index contributed by atoms with van der Waals surface area (Å²) in [5, 5.41) is 3.34. The van der Waals surface area contributed by atoms with Crippen molar-refractivity contribution in [1.29, 1.82) is 0 Å². The van der Waals surface area contributed by atoms with Crippen LogP contribution in [0.25, 0.3) is 11.6 Å². The van der Waals surface area contributed by atoms with Crippen LogP contribution >= 0.6 is 0 Å². The molecule has 0 atom stereocenters. The van der Waals surface area contributed by atoms with Crippen LogP contribution < -0.4 is 5.32 Å². The smallest absolute Gasteiger partial charge is 0.196 e. The second kappa shape index (κ2) is 6.48. The van der Waals surface area contributed by atoms with E-state index in [-0.39, 0.29) is 0 Å². The standard InChI is InChI=1S/C15H21N3O/c1-4-16-9-5-7-13-11(2)17-15(18-12(13)3)14-8-6-10-19-14/h6,8,10,16H,4-5,7,9H2,1-3H3. The number of aromatic nitrogens is 2. The molecule has 1 N–H and O–H groups in total. The fraction of sp³-hybridized carbons (Fsp3) is 0.467. The Balaban J connectivity index is 2.13. The molecular formula is C15H21N3O. The van der Waals surface area contributed by atoms with E-state index in [1.807, 2.05) is 26.0 Å². The second-order valence-electron chi connectivity index (χ2n) is 4.63. The minimum atomic E-state index is 0.676. The van der Waals surface area contributed by atoms with Gasteiger partial charge in [0, 0.05) is 11.4 Å². The molecule has 102 valence electrons. The van der Waals surface area contributed by atoms with Crippen LogP contribution in [0.15, 0.2) is 22.8 Å². The second-order valence-corrected chi connectivity index (χ2v) is 4.63. The monoisotopic (exact) mass is 259 g/mol. The van der Waals surface area contributed by atoms with Gasteiger partial charge in [-0.3, -0.25) is 0 Å². The molecule has 4 heteroatoms. The average Bonchev–Trinajstić information content (AvgIpc) is 2.90. The lowest BCUT2D eigenvalue weighted by Gasteiger charge is -2.10. The topological polar surface area (TPSA) is 51.0 Å². The van der Waals surface area contributed by atoms with Crippen molar-refractivity contribution >= 4 is 0 Å². The lowest BCUT2D eigenvalue weighted by molar-refractivity contribution is 0.576. The third kappa shape index (κ3) is 3.41. The molecule has 0 spiro atoms. The van der Waals surface area contributed by atoms with Crippen LogP contribution in [0.1, 0.15) is 30.3 Å². The molecular weight excluding hydrogens is 238 g/mol. The number of nitrogens with one attached hydrogen (secondary N) is 1. The molecule has 0 fully saturated rings. The van der Waals surface area contributed by atoms with E-state index in [4.69, 9.17) is 4.42 Å². The molecule has 2 aromatic heterocycles. The molecule has 2 aromatic rings. The van der Waals surface area contributed by atoms with Crippen LogP contribution in [-0.4, -0.2) is 23.1 Å². The summed E-state index contributed by atoms with van der Waals surface area (Å²) in [6.07, 6.45) is 3.77. The fourth-order valence-corrected chi connectivity index (χ4v) is 2.18. The molecule has 2 rings (SSSR count). The van der Waals surface area contributed by atoms with E-state index in [0.717, 1.165) is 43.1 Å². The van der Waals surface area contributed by atoms with Gasteiger partial charge in [0.25, 0.3) is 0 Å². The minimum Gasteiger partial charge on any atom is -0.461 e. The maximum Gasteiger partial charge on any atom is 0.196 e. The van der Waals surface area contributed by atoms with Gasteiger partial charge in [0.1, 0.15) is 0 Å². The molecule has 0 unspecified atom stereocenters. The summed E-state index contributed by atoms with van der Waals surface area (Å²) in [6.45, 7) is 8.27. The molecule has 0 saturated carbocycles. The highest BCUT2D eigenvalue weighted by molar-refractivity contribution is 5.47. The summed E-state index contributed by atoms with van der Waals surface area (Å²) in [7, 11) is 0. The van der Waals surface area contributed by atoms with E-state index in [2.05, 4.69) is 22.2 Å². The maximum atomic E-state index is 5.35. The first-order chi connectivity index (χ1) is 9.22. The lowest BCUT2D eigenvalue weighted by Crippen LogP contribution is -2.15. The summed E-state index contributed by atoms with van der Waals surface area (Å²) in [5.41, 5.74) is 3.36. The first kappa shape index (κ1) is 13.7. The summed E-state index contributed by atoms with van der Waals surface area (Å²) >= 11 is 0. The highest BCUT2D eigenvalue weighted by Gasteiger charge is 2.11. The van der Waals surface area contributed by atoms with Crippen molar-refractivity contribution in [3.63, 3.8) is 0 Å². The minimum absolute atomic E-state index is 0.676. The molecule has 0 aliphatic rings. The van der Waals surface area contributed by atoms with Crippen LogP contribution in [0, 0.1) is 13.8 Å². The van der Waals surface area contributed by atoms with Gasteiger partial charge in [0.2, 0.25) is 0 Å². The SMILES string of the molecule is CCNCCCc1c(C)nc(-c2ccco2)nc1C. The summed E-state index contributed by atoms with van der Waals surface area (Å²) in [6, 6.07) is 3.74. The van der Waals surface area contributed by atoms with Crippen molar-refractivity contribution in [1.82, 2.24) is 15.3 Å². The van der Waals surface area contributed by atoms with Crippen LogP contribution in [0.3, 0.4) is 0 Å². The summed E-state index contributed by atoms with van der Waals surface area (Å²) in [5.74, 6) is 1.40. The van der Waals surface area contributed by atoms with E-state index in [9.17, 15) is 0 Å². The summed E-state index contributed by atoms with van der Waals surface area (Å²) < 4.78 is 5.35. The Hall–Kier alpha value is -1.68. The average molecular weight is 259 g/mol. The van der Waals surface area contributed by atoms with E-state index < -0.39 is 0 Å². The van der Waals surface area contributed by atoms with Crippen molar-refractivity contribution in [2.75, 3.05) is 13.1 Å². The van der Waals surface area contributed by atoms with Crippen LogP contribution in [-0.2, 0) is 6.42 Å². The van der Waals surface area contributed by atoms with Gasteiger partial charge in [-0.05, 0) is 57.5 Å². The zero-order valence-corrected chi connectivity index (χ0v) is 11.9. The zero-order valence-electron chi connectivity index (χ0n) is 11.9. The van der Waals surface area contributed by atoms with Gasteiger partial charge in [-0.25, -0.2) is 9.97 Å². The highest BCUT2D eigenvalue weighted by atomic mass is 16.3. The number of nitrogens with zero attached hydrogens (tertiary/aromatic N) is 2. The lowest BCUT2D eigenvalue weighted by atomic mass is 10.1. The van der Waals surface area contributed by atoms with Gasteiger partial charge in [-0.15, -0.1) is 0 Å². The zero-order chi connectivity index (χ0) is 13.7. The molecule has 0 radical (unpaired) electrons. The highest BCUT2D eigenvalue weighted by Crippen LogP contribution is 2.19. The van der Waals surface area contributed by atoms with Gasteiger partial charge < -0.3 is 9.73 Å². The van der Waals surface area contributed by atoms with Crippen molar-refractivity contribution in [3.05, 3.63) is 35.3 Å². The predicted molar refractivity (Wildman–Crippen MR) is 76.1 cm³/mol. The summed E-state index contributed by atoms with van der Waals surface area (Å²) in [4.78, 5) is 9.10. The molecule has 19 heavy (non-hydrogen) atoms. The van der Waals surface area contributed by atoms with E-state index in [0.29, 0.717) is 5.82 Å². The van der Waals surface area contributed by atoms with E-state index in [1.54, 1.807) is 6.26 Å². The van der Waals surface area contributed by atoms with Crippen molar-refractivity contribution < 1.29 is 4.42 Å². The molecule has 0 bridgehead atoms. The molecule has 0 amide bonds. The first-order valence-corrected chi connectivity index (χ1v) is 6.81. The van der Waals surface area contributed by atoms with Crippen molar-refractivity contribution in [2.45, 2.75) is 33.6 Å². The Morgan fingerprint density at radius 2 is 1.95 bits per heavy atom. The van der Waals surface area contributed by atoms with Crippen molar-refractivity contribution in [3.8, 4) is 11.6 Å². The molecule has 0 aliphatic heterocycles.